The van der Waals surface area contributed by atoms with E-state index in [0.717, 1.165) is 0 Å². The third kappa shape index (κ3) is 4.35. The highest BCUT2D eigenvalue weighted by atomic mass is 79.9. The van der Waals surface area contributed by atoms with Gasteiger partial charge >= 0.3 is 0 Å². The fourth-order valence-corrected chi connectivity index (χ4v) is 4.35. The zero-order valence-corrected chi connectivity index (χ0v) is 15.1. The van der Waals surface area contributed by atoms with Gasteiger partial charge < -0.3 is 5.32 Å². The molecule has 0 bridgehead atoms. The number of hydrogen-bond donors (Lipinski definition) is 1. The number of nitrogens with one attached hydrogen (secondary N) is 1. The van der Waals surface area contributed by atoms with E-state index < -0.39 is 0 Å². The lowest BCUT2D eigenvalue weighted by molar-refractivity contribution is 0.472. The van der Waals surface area contributed by atoms with Crippen molar-refractivity contribution >= 4 is 27.7 Å². The Labute approximate surface area is 140 Å². The van der Waals surface area contributed by atoms with Gasteiger partial charge in [0.1, 0.15) is 0 Å². The van der Waals surface area contributed by atoms with Crippen LogP contribution in [0.3, 0.4) is 0 Å². The fraction of sp³-hybridized carbons (Fsp3) is 0.333. The van der Waals surface area contributed by atoms with Crippen LogP contribution < -0.4 is 5.32 Å². The number of thioether (sulfide) groups is 1. The molecule has 1 nitrogen and oxygen atoms in total. The number of hydrogen-bond acceptors (Lipinski definition) is 2. The van der Waals surface area contributed by atoms with Crippen LogP contribution in [-0.2, 0) is 0 Å². The summed E-state index contributed by atoms with van der Waals surface area (Å²) in [6.45, 7) is 4.59. The Balaban J connectivity index is 2.28. The van der Waals surface area contributed by atoms with Gasteiger partial charge in [-0.05, 0) is 46.6 Å². The molecule has 2 aromatic rings. The van der Waals surface area contributed by atoms with Crippen molar-refractivity contribution in [3.8, 4) is 0 Å². The van der Waals surface area contributed by atoms with E-state index in [1.54, 1.807) is 0 Å². The molecule has 112 valence electrons. The molecule has 21 heavy (non-hydrogen) atoms. The maximum absolute atomic E-state index is 3.66. The molecule has 0 fully saturated rings. The van der Waals surface area contributed by atoms with Gasteiger partial charge in [0.15, 0.2) is 0 Å². The van der Waals surface area contributed by atoms with Crippen molar-refractivity contribution in [1.29, 1.82) is 0 Å². The predicted molar refractivity (Wildman–Crippen MR) is 96.9 cm³/mol. The summed E-state index contributed by atoms with van der Waals surface area (Å²) in [5, 5.41) is 3.97. The molecule has 0 aromatic heterocycles. The largest absolute Gasteiger partial charge is 0.312 e. The van der Waals surface area contributed by atoms with Crippen LogP contribution in [0.1, 0.15) is 25.5 Å². The summed E-state index contributed by atoms with van der Waals surface area (Å²) in [7, 11) is 2.05. The van der Waals surface area contributed by atoms with E-state index in [4.69, 9.17) is 0 Å². The van der Waals surface area contributed by atoms with Crippen LogP contribution in [0.4, 0.5) is 0 Å². The highest BCUT2D eigenvalue weighted by Crippen LogP contribution is 2.39. The van der Waals surface area contributed by atoms with Crippen molar-refractivity contribution in [2.45, 2.75) is 30.0 Å². The second-order valence-electron chi connectivity index (χ2n) is 5.43. The fourth-order valence-electron chi connectivity index (χ4n) is 2.46. The van der Waals surface area contributed by atoms with E-state index in [1.165, 1.54) is 14.9 Å². The zero-order chi connectivity index (χ0) is 15.2. The van der Waals surface area contributed by atoms with E-state index in [2.05, 4.69) is 89.7 Å². The van der Waals surface area contributed by atoms with Crippen LogP contribution in [0.15, 0.2) is 64.0 Å². The summed E-state index contributed by atoms with van der Waals surface area (Å²) in [5.41, 5.74) is 1.35. The van der Waals surface area contributed by atoms with Crippen LogP contribution in [0.25, 0.3) is 0 Å². The van der Waals surface area contributed by atoms with Gasteiger partial charge in [0.2, 0.25) is 0 Å². The second-order valence-corrected chi connectivity index (χ2v) is 7.51. The minimum absolute atomic E-state index is 0.336. The average Bonchev–Trinajstić information content (AvgIpc) is 2.50. The molecule has 0 saturated carbocycles. The Morgan fingerprint density at radius 1 is 0.952 bits per heavy atom. The van der Waals surface area contributed by atoms with Crippen LogP contribution >= 0.6 is 27.7 Å². The zero-order valence-electron chi connectivity index (χ0n) is 12.7. The third-order valence-corrected chi connectivity index (χ3v) is 6.21. The van der Waals surface area contributed by atoms with Crippen molar-refractivity contribution < 1.29 is 0 Å². The Bertz CT molecular complexity index is 556. The summed E-state index contributed by atoms with van der Waals surface area (Å²) >= 11 is 5.60. The Hall–Kier alpha value is -0.770. The van der Waals surface area contributed by atoms with Crippen LogP contribution in [0.5, 0.6) is 0 Å². The van der Waals surface area contributed by atoms with E-state index in [-0.39, 0.29) is 0 Å². The summed E-state index contributed by atoms with van der Waals surface area (Å²) in [5.74, 6) is 0.569. The molecular weight excluding hydrogens is 342 g/mol. The quantitative estimate of drug-likeness (QED) is 0.677. The first-order valence-electron chi connectivity index (χ1n) is 7.27. The molecule has 0 aliphatic carbocycles. The first-order valence-corrected chi connectivity index (χ1v) is 8.94. The maximum atomic E-state index is 3.66. The van der Waals surface area contributed by atoms with Gasteiger partial charge in [-0.3, -0.25) is 0 Å². The molecule has 0 aliphatic heterocycles. The molecular formula is C18H22BrNS. The van der Waals surface area contributed by atoms with E-state index in [9.17, 15) is 0 Å². The van der Waals surface area contributed by atoms with Gasteiger partial charge in [-0.25, -0.2) is 0 Å². The Morgan fingerprint density at radius 2 is 1.57 bits per heavy atom. The van der Waals surface area contributed by atoms with Gasteiger partial charge in [-0.2, -0.15) is 0 Å². The summed E-state index contributed by atoms with van der Waals surface area (Å²) in [6.07, 6.45) is 0. The molecule has 0 saturated heterocycles. The smallest absolute Gasteiger partial charge is 0.0444 e. The molecule has 0 aliphatic rings. The molecule has 2 unspecified atom stereocenters. The first kappa shape index (κ1) is 16.6. The lowest BCUT2D eigenvalue weighted by Crippen LogP contribution is -2.31. The van der Waals surface area contributed by atoms with Crippen LogP contribution in [0.2, 0.25) is 0 Å². The summed E-state index contributed by atoms with van der Waals surface area (Å²) in [6, 6.07) is 19.5. The predicted octanol–water partition coefficient (Wildman–Crippen LogP) is 5.53. The highest BCUT2D eigenvalue weighted by molar-refractivity contribution is 9.10. The van der Waals surface area contributed by atoms with Gasteiger partial charge in [0.25, 0.3) is 0 Å². The monoisotopic (exact) mass is 363 g/mol. The van der Waals surface area contributed by atoms with Crippen LogP contribution in [-0.4, -0.2) is 12.3 Å². The third-order valence-electron chi connectivity index (χ3n) is 3.55. The van der Waals surface area contributed by atoms with Gasteiger partial charge in [-0.1, -0.05) is 56.3 Å². The minimum Gasteiger partial charge on any atom is -0.312 e. The molecule has 2 rings (SSSR count). The van der Waals surface area contributed by atoms with Gasteiger partial charge in [0, 0.05) is 20.7 Å². The molecule has 1 N–H and O–H groups in total. The number of rotatable bonds is 6. The van der Waals surface area contributed by atoms with Crippen molar-refractivity contribution in [3.05, 3.63) is 64.6 Å². The first-order chi connectivity index (χ1) is 10.1. The van der Waals surface area contributed by atoms with Crippen molar-refractivity contribution in [2.24, 2.45) is 5.92 Å². The van der Waals surface area contributed by atoms with Crippen molar-refractivity contribution in [2.75, 3.05) is 7.05 Å². The molecule has 3 heteroatoms. The summed E-state index contributed by atoms with van der Waals surface area (Å²) < 4.78 is 1.17. The normalized spacial score (nSPS) is 14.1. The summed E-state index contributed by atoms with van der Waals surface area (Å²) in [4.78, 5) is 1.30. The Kier molecular flexibility index (Phi) is 6.34. The lowest BCUT2D eigenvalue weighted by atomic mass is 9.96. The SMILES string of the molecule is CNC(c1ccccc1)C(Sc1ccccc1Br)C(C)C. The molecule has 0 radical (unpaired) electrons. The van der Waals surface area contributed by atoms with Crippen molar-refractivity contribution in [3.63, 3.8) is 0 Å². The topological polar surface area (TPSA) is 12.0 Å². The molecule has 0 spiro atoms. The molecule has 2 atom stereocenters. The standard InChI is InChI=1S/C18H22BrNS/c1-13(2)18(21-16-12-8-7-11-15(16)19)17(20-3)14-9-5-4-6-10-14/h4-13,17-18,20H,1-3H3. The average molecular weight is 364 g/mol. The second kappa shape index (κ2) is 8.02. The molecule has 0 heterocycles. The molecule has 2 aromatic carbocycles. The van der Waals surface area contributed by atoms with Gasteiger partial charge in [0.05, 0.1) is 0 Å². The Morgan fingerprint density at radius 3 is 2.14 bits per heavy atom. The highest BCUT2D eigenvalue weighted by Gasteiger charge is 2.26. The van der Waals surface area contributed by atoms with Gasteiger partial charge in [-0.15, -0.1) is 11.8 Å². The molecule has 0 amide bonds. The van der Waals surface area contributed by atoms with Crippen LogP contribution in [0, 0.1) is 5.92 Å². The van der Waals surface area contributed by atoms with E-state index in [0.29, 0.717) is 17.2 Å². The number of halogens is 1. The number of benzene rings is 2. The maximum Gasteiger partial charge on any atom is 0.0444 e. The van der Waals surface area contributed by atoms with E-state index >= 15 is 0 Å². The lowest BCUT2D eigenvalue weighted by Gasteiger charge is -2.30. The van der Waals surface area contributed by atoms with E-state index in [1.807, 2.05) is 18.8 Å². The minimum atomic E-state index is 0.336. The van der Waals surface area contributed by atoms with Crippen molar-refractivity contribution in [1.82, 2.24) is 5.32 Å².